The number of carboxylic acid groups (broad SMARTS) is 1. The third kappa shape index (κ3) is 2.86. The van der Waals surface area contributed by atoms with E-state index in [-0.39, 0.29) is 19.4 Å². The van der Waals surface area contributed by atoms with Gasteiger partial charge in [0.15, 0.2) is 5.69 Å². The molecule has 10 heteroatoms. The van der Waals surface area contributed by atoms with Gasteiger partial charge in [-0.05, 0) is 25.0 Å². The molecular formula is C11H11F3N2O4S. The molecule has 0 saturated carbocycles. The predicted molar refractivity (Wildman–Crippen MR) is 63.8 cm³/mol. The Bertz CT molecular complexity index is 660. The molecule has 2 heterocycles. The zero-order chi connectivity index (χ0) is 15.8. The van der Waals surface area contributed by atoms with Crippen LogP contribution >= 0.6 is 0 Å². The zero-order valence-electron chi connectivity index (χ0n) is 10.5. The first-order chi connectivity index (χ1) is 9.65. The molecule has 1 aromatic rings. The summed E-state index contributed by atoms with van der Waals surface area (Å²) in [5, 5.41) is 8.98. The minimum absolute atomic E-state index is 0.0657. The van der Waals surface area contributed by atoms with Crippen LogP contribution in [0.5, 0.6) is 0 Å². The summed E-state index contributed by atoms with van der Waals surface area (Å²) in [6, 6.07) is 0.493. The van der Waals surface area contributed by atoms with E-state index in [4.69, 9.17) is 5.11 Å². The molecule has 0 bridgehead atoms. The number of aromatic nitrogens is 1. The summed E-state index contributed by atoms with van der Waals surface area (Å²) in [7, 11) is -4.58. The van der Waals surface area contributed by atoms with Crippen molar-refractivity contribution < 1.29 is 31.5 Å². The lowest BCUT2D eigenvalue weighted by atomic mass is 10.2. The number of carboxylic acids is 1. The molecule has 1 aliphatic rings. The van der Waals surface area contributed by atoms with Crippen molar-refractivity contribution in [3.63, 3.8) is 0 Å². The highest BCUT2D eigenvalue weighted by atomic mass is 32.2. The van der Waals surface area contributed by atoms with E-state index in [1.165, 1.54) is 0 Å². The average molecular weight is 324 g/mol. The van der Waals surface area contributed by atoms with Gasteiger partial charge in [-0.3, -0.25) is 9.78 Å². The van der Waals surface area contributed by atoms with Gasteiger partial charge in [0.1, 0.15) is 10.9 Å². The number of pyridine rings is 1. The predicted octanol–water partition coefficient (Wildman–Crippen LogP) is 1.34. The number of aliphatic carboxylic acids is 1. The topological polar surface area (TPSA) is 87.6 Å². The summed E-state index contributed by atoms with van der Waals surface area (Å²) in [5.74, 6) is -1.38. The van der Waals surface area contributed by atoms with E-state index in [2.05, 4.69) is 4.98 Å². The lowest BCUT2D eigenvalue weighted by Gasteiger charge is -2.22. The van der Waals surface area contributed by atoms with Crippen LogP contribution in [0.3, 0.4) is 0 Å². The van der Waals surface area contributed by atoms with Gasteiger partial charge in [-0.1, -0.05) is 0 Å². The van der Waals surface area contributed by atoms with E-state index < -0.39 is 38.8 Å². The molecule has 1 saturated heterocycles. The van der Waals surface area contributed by atoms with Gasteiger partial charge in [0.05, 0.1) is 0 Å². The molecule has 1 N–H and O–H groups in total. The lowest BCUT2D eigenvalue weighted by Crippen LogP contribution is -2.41. The molecule has 0 aliphatic carbocycles. The standard InChI is InChI=1S/C11H11F3N2O4S/c12-11(13,14)9-8(4-1-5-15-9)21(19,20)16-6-2-3-7(16)10(17)18/h1,4-5,7H,2-3,6H2,(H,17,18)/t7-/m0/s1. The van der Waals surface area contributed by atoms with E-state index in [0.29, 0.717) is 4.31 Å². The van der Waals surface area contributed by atoms with Crippen molar-refractivity contribution in [1.82, 2.24) is 9.29 Å². The first kappa shape index (κ1) is 15.7. The quantitative estimate of drug-likeness (QED) is 0.906. The van der Waals surface area contributed by atoms with Crippen molar-refractivity contribution in [2.24, 2.45) is 0 Å². The minimum Gasteiger partial charge on any atom is -0.480 e. The first-order valence-electron chi connectivity index (χ1n) is 5.92. The number of sulfonamides is 1. The number of nitrogens with zero attached hydrogens (tertiary/aromatic N) is 2. The molecule has 21 heavy (non-hydrogen) atoms. The van der Waals surface area contributed by atoms with Crippen molar-refractivity contribution in [3.8, 4) is 0 Å². The molecule has 6 nitrogen and oxygen atoms in total. The summed E-state index contributed by atoms with van der Waals surface area (Å²) < 4.78 is 63.8. The fraction of sp³-hybridized carbons (Fsp3) is 0.455. The smallest absolute Gasteiger partial charge is 0.434 e. The monoisotopic (exact) mass is 324 g/mol. The molecule has 0 unspecified atom stereocenters. The van der Waals surface area contributed by atoms with Gasteiger partial charge < -0.3 is 5.11 Å². The van der Waals surface area contributed by atoms with E-state index in [0.717, 1.165) is 18.3 Å². The summed E-state index contributed by atoms with van der Waals surface area (Å²) >= 11 is 0. The average Bonchev–Trinajstić information content (AvgIpc) is 2.88. The Labute approximate surface area is 118 Å². The molecule has 2 rings (SSSR count). The molecule has 0 aromatic carbocycles. The highest BCUT2D eigenvalue weighted by Crippen LogP contribution is 2.35. The van der Waals surface area contributed by atoms with Crippen LogP contribution in [0.2, 0.25) is 0 Å². The van der Waals surface area contributed by atoms with Gasteiger partial charge in [0.25, 0.3) is 0 Å². The first-order valence-corrected chi connectivity index (χ1v) is 7.36. The number of rotatable bonds is 3. The number of alkyl halides is 3. The fourth-order valence-corrected chi connectivity index (χ4v) is 4.03. The normalized spacial score (nSPS) is 20.6. The fourth-order valence-electron chi connectivity index (χ4n) is 2.21. The van der Waals surface area contributed by atoms with Crippen molar-refractivity contribution in [3.05, 3.63) is 24.0 Å². The third-order valence-electron chi connectivity index (χ3n) is 3.11. The van der Waals surface area contributed by atoms with Crippen LogP contribution in [-0.4, -0.2) is 41.4 Å². The van der Waals surface area contributed by atoms with E-state index >= 15 is 0 Å². The number of hydrogen-bond acceptors (Lipinski definition) is 4. The van der Waals surface area contributed by atoms with Crippen LogP contribution in [0.15, 0.2) is 23.2 Å². The Hall–Kier alpha value is -1.68. The maximum absolute atomic E-state index is 12.9. The Morgan fingerprint density at radius 2 is 2.10 bits per heavy atom. The highest BCUT2D eigenvalue weighted by molar-refractivity contribution is 7.89. The second-order valence-corrected chi connectivity index (χ2v) is 6.32. The van der Waals surface area contributed by atoms with Crippen molar-refractivity contribution in [2.45, 2.75) is 30.0 Å². The third-order valence-corrected chi connectivity index (χ3v) is 5.05. The second kappa shape index (κ2) is 5.26. The van der Waals surface area contributed by atoms with Gasteiger partial charge in [-0.15, -0.1) is 0 Å². The lowest BCUT2D eigenvalue weighted by molar-refractivity contribution is -0.143. The summed E-state index contributed by atoms with van der Waals surface area (Å²) in [6.45, 7) is -0.133. The van der Waals surface area contributed by atoms with E-state index in [1.807, 2.05) is 0 Å². The van der Waals surface area contributed by atoms with Gasteiger partial charge in [0.2, 0.25) is 10.0 Å². The number of hydrogen-bond donors (Lipinski definition) is 1. The maximum Gasteiger partial charge on any atom is 0.434 e. The summed E-state index contributed by atoms with van der Waals surface area (Å²) in [6.07, 6.45) is -3.77. The Morgan fingerprint density at radius 3 is 2.67 bits per heavy atom. The van der Waals surface area contributed by atoms with Gasteiger partial charge in [-0.2, -0.15) is 17.5 Å². The van der Waals surface area contributed by atoms with Crippen LogP contribution in [0.1, 0.15) is 18.5 Å². The van der Waals surface area contributed by atoms with Crippen LogP contribution in [0, 0.1) is 0 Å². The van der Waals surface area contributed by atoms with Gasteiger partial charge in [0, 0.05) is 12.7 Å². The van der Waals surface area contributed by atoms with Crippen LogP contribution < -0.4 is 0 Å². The Morgan fingerprint density at radius 1 is 1.43 bits per heavy atom. The molecule has 1 fully saturated rings. The molecule has 0 spiro atoms. The molecular weight excluding hydrogens is 313 g/mol. The molecule has 1 atom stereocenters. The summed E-state index contributed by atoms with van der Waals surface area (Å²) in [4.78, 5) is 13.1. The summed E-state index contributed by atoms with van der Waals surface area (Å²) in [5.41, 5.74) is -1.54. The molecule has 1 aliphatic heterocycles. The van der Waals surface area contributed by atoms with Gasteiger partial charge in [-0.25, -0.2) is 8.42 Å². The SMILES string of the molecule is O=C(O)[C@@H]1CCCN1S(=O)(=O)c1cccnc1C(F)(F)F. The van der Waals surface area contributed by atoms with Crippen molar-refractivity contribution in [2.75, 3.05) is 6.54 Å². The largest absolute Gasteiger partial charge is 0.480 e. The van der Waals surface area contributed by atoms with Gasteiger partial charge >= 0.3 is 12.1 Å². The number of carbonyl (C=O) groups is 1. The molecule has 116 valence electrons. The maximum atomic E-state index is 12.9. The Kier molecular flexibility index (Phi) is 3.93. The minimum atomic E-state index is -4.94. The molecule has 0 amide bonds. The van der Waals surface area contributed by atoms with E-state index in [1.54, 1.807) is 0 Å². The van der Waals surface area contributed by atoms with E-state index in [9.17, 15) is 26.4 Å². The van der Waals surface area contributed by atoms with Crippen LogP contribution in [0.25, 0.3) is 0 Å². The second-order valence-electron chi connectivity index (χ2n) is 4.46. The van der Waals surface area contributed by atoms with Crippen LogP contribution in [0.4, 0.5) is 13.2 Å². The molecule has 0 radical (unpaired) electrons. The highest BCUT2D eigenvalue weighted by Gasteiger charge is 2.45. The van der Waals surface area contributed by atoms with Crippen molar-refractivity contribution >= 4 is 16.0 Å². The zero-order valence-corrected chi connectivity index (χ0v) is 11.4. The van der Waals surface area contributed by atoms with Crippen molar-refractivity contribution in [1.29, 1.82) is 0 Å². The van der Waals surface area contributed by atoms with Crippen LogP contribution in [-0.2, 0) is 21.0 Å². The Balaban J connectivity index is 2.53. The number of halogens is 3. The molecule has 1 aromatic heterocycles.